The van der Waals surface area contributed by atoms with Crippen molar-refractivity contribution in [2.24, 2.45) is 0 Å². The van der Waals surface area contributed by atoms with Crippen molar-refractivity contribution in [1.82, 2.24) is 0 Å². The standard InChI is InChI=1S/C16H18N2O2/c1-18(2)14-8-5-7-12(10-14)16(20)17-15-9-4-3-6-13(15)11-19/h3-10,19H,11H2,1-2H3,(H,17,20). The van der Waals surface area contributed by atoms with Crippen LogP contribution in [0, 0.1) is 0 Å². The smallest absolute Gasteiger partial charge is 0.255 e. The molecule has 0 saturated heterocycles. The number of nitrogens with one attached hydrogen (secondary N) is 1. The zero-order valence-electron chi connectivity index (χ0n) is 11.6. The maximum absolute atomic E-state index is 12.2. The first-order chi connectivity index (χ1) is 9.61. The molecule has 0 atom stereocenters. The topological polar surface area (TPSA) is 52.6 Å². The summed E-state index contributed by atoms with van der Waals surface area (Å²) >= 11 is 0. The van der Waals surface area contributed by atoms with Gasteiger partial charge in [0.25, 0.3) is 5.91 Å². The minimum atomic E-state index is -0.186. The first-order valence-corrected chi connectivity index (χ1v) is 6.39. The van der Waals surface area contributed by atoms with Gasteiger partial charge in [-0.05, 0) is 24.3 Å². The number of amides is 1. The summed E-state index contributed by atoms with van der Waals surface area (Å²) in [6.07, 6.45) is 0. The van der Waals surface area contributed by atoms with Crippen molar-refractivity contribution in [3.63, 3.8) is 0 Å². The van der Waals surface area contributed by atoms with Gasteiger partial charge in [-0.2, -0.15) is 0 Å². The lowest BCUT2D eigenvalue weighted by atomic mass is 10.1. The van der Waals surface area contributed by atoms with Gasteiger partial charge in [-0.25, -0.2) is 0 Å². The summed E-state index contributed by atoms with van der Waals surface area (Å²) in [4.78, 5) is 14.2. The normalized spacial score (nSPS) is 10.2. The molecule has 0 unspecified atom stereocenters. The van der Waals surface area contributed by atoms with Gasteiger partial charge in [-0.1, -0.05) is 24.3 Å². The Morgan fingerprint density at radius 2 is 1.90 bits per heavy atom. The highest BCUT2D eigenvalue weighted by molar-refractivity contribution is 6.05. The SMILES string of the molecule is CN(C)c1cccc(C(=O)Nc2ccccc2CO)c1. The van der Waals surface area contributed by atoms with Crippen LogP contribution >= 0.6 is 0 Å². The van der Waals surface area contributed by atoms with E-state index in [0.29, 0.717) is 16.8 Å². The van der Waals surface area contributed by atoms with Crippen molar-refractivity contribution in [3.8, 4) is 0 Å². The van der Waals surface area contributed by atoms with E-state index in [0.717, 1.165) is 5.69 Å². The number of rotatable bonds is 4. The summed E-state index contributed by atoms with van der Waals surface area (Å²) in [7, 11) is 3.86. The van der Waals surface area contributed by atoms with Crippen LogP contribution in [0.25, 0.3) is 0 Å². The summed E-state index contributed by atoms with van der Waals surface area (Å²) in [6, 6.07) is 14.6. The molecular formula is C16H18N2O2. The number of para-hydroxylation sites is 1. The van der Waals surface area contributed by atoms with Gasteiger partial charge in [0.2, 0.25) is 0 Å². The highest BCUT2D eigenvalue weighted by Gasteiger charge is 2.09. The minimum Gasteiger partial charge on any atom is -0.392 e. The largest absolute Gasteiger partial charge is 0.392 e. The Morgan fingerprint density at radius 1 is 1.15 bits per heavy atom. The Kier molecular flexibility index (Phi) is 4.38. The number of carbonyl (C=O) groups excluding carboxylic acids is 1. The van der Waals surface area contributed by atoms with Crippen molar-refractivity contribution in [1.29, 1.82) is 0 Å². The van der Waals surface area contributed by atoms with Crippen LogP contribution in [0.4, 0.5) is 11.4 Å². The Morgan fingerprint density at radius 3 is 2.60 bits per heavy atom. The number of benzene rings is 2. The highest BCUT2D eigenvalue weighted by atomic mass is 16.3. The molecule has 1 amide bonds. The second kappa shape index (κ2) is 6.21. The fourth-order valence-electron chi connectivity index (χ4n) is 1.90. The van der Waals surface area contributed by atoms with Gasteiger partial charge >= 0.3 is 0 Å². The van der Waals surface area contributed by atoms with E-state index < -0.39 is 0 Å². The second-order valence-electron chi connectivity index (χ2n) is 4.71. The van der Waals surface area contributed by atoms with Crippen LogP contribution in [0.5, 0.6) is 0 Å². The van der Waals surface area contributed by atoms with Crippen molar-refractivity contribution in [2.45, 2.75) is 6.61 Å². The van der Waals surface area contributed by atoms with Crippen molar-refractivity contribution < 1.29 is 9.90 Å². The predicted molar refractivity (Wildman–Crippen MR) is 81.1 cm³/mol. The third-order valence-electron chi connectivity index (χ3n) is 3.06. The van der Waals surface area contributed by atoms with E-state index in [1.54, 1.807) is 18.2 Å². The van der Waals surface area contributed by atoms with Gasteiger partial charge < -0.3 is 15.3 Å². The van der Waals surface area contributed by atoms with Crippen LogP contribution in [-0.4, -0.2) is 25.1 Å². The first kappa shape index (κ1) is 14.1. The molecule has 104 valence electrons. The summed E-state index contributed by atoms with van der Waals surface area (Å²) in [5, 5.41) is 12.1. The average molecular weight is 270 g/mol. The number of anilines is 2. The number of aliphatic hydroxyl groups is 1. The number of aliphatic hydroxyl groups excluding tert-OH is 1. The summed E-state index contributed by atoms with van der Waals surface area (Å²) < 4.78 is 0. The number of carbonyl (C=O) groups is 1. The minimum absolute atomic E-state index is 0.103. The molecule has 2 N–H and O–H groups in total. The molecule has 0 aromatic heterocycles. The Bertz CT molecular complexity index is 609. The monoisotopic (exact) mass is 270 g/mol. The predicted octanol–water partition coefficient (Wildman–Crippen LogP) is 2.50. The van der Waals surface area contributed by atoms with Crippen LogP contribution in [0.1, 0.15) is 15.9 Å². The van der Waals surface area contributed by atoms with Crippen molar-refractivity contribution >= 4 is 17.3 Å². The first-order valence-electron chi connectivity index (χ1n) is 6.39. The number of hydrogen-bond acceptors (Lipinski definition) is 3. The van der Waals surface area contributed by atoms with Crippen molar-refractivity contribution in [3.05, 3.63) is 59.7 Å². The molecule has 20 heavy (non-hydrogen) atoms. The zero-order chi connectivity index (χ0) is 14.5. The number of hydrogen-bond donors (Lipinski definition) is 2. The molecule has 4 heteroatoms. The van der Waals surface area contributed by atoms with Gasteiger partial charge in [-0.15, -0.1) is 0 Å². The second-order valence-corrected chi connectivity index (χ2v) is 4.71. The van der Waals surface area contributed by atoms with Crippen LogP contribution in [0.2, 0.25) is 0 Å². The lowest BCUT2D eigenvalue weighted by Crippen LogP contribution is -2.15. The Labute approximate surface area is 118 Å². The molecule has 4 nitrogen and oxygen atoms in total. The summed E-state index contributed by atoms with van der Waals surface area (Å²) in [5.41, 5.74) is 2.89. The molecule has 2 aromatic carbocycles. The molecule has 0 aliphatic carbocycles. The van der Waals surface area contributed by atoms with Crippen LogP contribution in [0.3, 0.4) is 0 Å². The maximum atomic E-state index is 12.2. The Balaban J connectivity index is 2.22. The third-order valence-corrected chi connectivity index (χ3v) is 3.06. The molecule has 0 bridgehead atoms. The average Bonchev–Trinajstić information content (AvgIpc) is 2.48. The van der Waals surface area contributed by atoms with Crippen LogP contribution in [-0.2, 0) is 6.61 Å². The quantitative estimate of drug-likeness (QED) is 0.897. The summed E-state index contributed by atoms with van der Waals surface area (Å²) in [6.45, 7) is -0.103. The van der Waals surface area contributed by atoms with Gasteiger partial charge in [0.15, 0.2) is 0 Å². The molecule has 0 fully saturated rings. The number of nitrogens with zero attached hydrogens (tertiary/aromatic N) is 1. The Hall–Kier alpha value is -2.33. The fourth-order valence-corrected chi connectivity index (χ4v) is 1.90. The van der Waals surface area contributed by atoms with Crippen LogP contribution < -0.4 is 10.2 Å². The molecular weight excluding hydrogens is 252 g/mol. The van der Waals surface area contributed by atoms with Gasteiger partial charge in [-0.3, -0.25) is 4.79 Å². The van der Waals surface area contributed by atoms with Gasteiger partial charge in [0.05, 0.1) is 6.61 Å². The molecule has 2 rings (SSSR count). The van der Waals surface area contributed by atoms with Gasteiger partial charge in [0.1, 0.15) is 0 Å². The van der Waals surface area contributed by atoms with E-state index >= 15 is 0 Å². The van der Waals surface area contributed by atoms with E-state index in [1.165, 1.54) is 0 Å². The highest BCUT2D eigenvalue weighted by Crippen LogP contribution is 2.18. The lowest BCUT2D eigenvalue weighted by molar-refractivity contribution is 0.102. The van der Waals surface area contributed by atoms with E-state index in [9.17, 15) is 9.90 Å². The fraction of sp³-hybridized carbons (Fsp3) is 0.188. The maximum Gasteiger partial charge on any atom is 0.255 e. The van der Waals surface area contributed by atoms with Crippen molar-refractivity contribution in [2.75, 3.05) is 24.3 Å². The molecule has 0 heterocycles. The van der Waals surface area contributed by atoms with E-state index in [-0.39, 0.29) is 12.5 Å². The van der Waals surface area contributed by atoms with E-state index in [1.807, 2.05) is 49.3 Å². The molecule has 0 aliphatic heterocycles. The molecule has 0 radical (unpaired) electrons. The lowest BCUT2D eigenvalue weighted by Gasteiger charge is -2.14. The van der Waals surface area contributed by atoms with E-state index in [2.05, 4.69) is 5.32 Å². The van der Waals surface area contributed by atoms with Gasteiger partial charge in [0, 0.05) is 36.6 Å². The summed E-state index contributed by atoms with van der Waals surface area (Å²) in [5.74, 6) is -0.186. The third kappa shape index (κ3) is 3.16. The molecule has 0 spiro atoms. The zero-order valence-corrected chi connectivity index (χ0v) is 11.6. The van der Waals surface area contributed by atoms with E-state index in [4.69, 9.17) is 0 Å². The molecule has 0 aliphatic rings. The van der Waals surface area contributed by atoms with Crippen LogP contribution in [0.15, 0.2) is 48.5 Å². The molecule has 2 aromatic rings. The molecule has 0 saturated carbocycles.